The summed E-state index contributed by atoms with van der Waals surface area (Å²) in [6.45, 7) is -0.656. The molecule has 1 aromatic carbocycles. The third kappa shape index (κ3) is 7.75. The molecular formula is C22H22N4O9S2. The summed E-state index contributed by atoms with van der Waals surface area (Å²) in [7, 11) is 0. The number of aliphatic carboxylic acids is 1. The molecule has 2 heterocycles. The molecule has 0 aliphatic carbocycles. The predicted molar refractivity (Wildman–Crippen MR) is 133 cm³/mol. The Labute approximate surface area is 219 Å². The Morgan fingerprint density at radius 1 is 1.16 bits per heavy atom. The molecule has 3 amide bonds. The van der Waals surface area contributed by atoms with Gasteiger partial charge in [0.2, 0.25) is 5.91 Å². The van der Waals surface area contributed by atoms with Gasteiger partial charge >= 0.3 is 12.1 Å². The van der Waals surface area contributed by atoms with Gasteiger partial charge in [-0.05, 0) is 42.2 Å². The first-order chi connectivity index (χ1) is 17.5. The van der Waals surface area contributed by atoms with Gasteiger partial charge < -0.3 is 20.5 Å². The van der Waals surface area contributed by atoms with Gasteiger partial charge in [0, 0.05) is 25.1 Å². The van der Waals surface area contributed by atoms with Crippen LogP contribution in [0.5, 0.6) is 0 Å². The van der Waals surface area contributed by atoms with Crippen molar-refractivity contribution >= 4 is 63.6 Å². The topological polar surface area (TPSA) is 185 Å². The smallest absolute Gasteiger partial charge is 0.410 e. The van der Waals surface area contributed by atoms with Crippen LogP contribution in [-0.4, -0.2) is 63.1 Å². The predicted octanol–water partition coefficient (Wildman–Crippen LogP) is 2.28. The minimum absolute atomic E-state index is 0.0475. The molecule has 196 valence electrons. The van der Waals surface area contributed by atoms with Gasteiger partial charge in [0.1, 0.15) is 19.2 Å². The molecule has 15 heteroatoms. The van der Waals surface area contributed by atoms with Gasteiger partial charge in [-0.3, -0.25) is 34.2 Å². The summed E-state index contributed by atoms with van der Waals surface area (Å²) in [4.78, 5) is 71.6. The fourth-order valence-electron chi connectivity index (χ4n) is 3.68. The number of nitrogens with zero attached hydrogens (tertiary/aromatic N) is 2. The van der Waals surface area contributed by atoms with E-state index < -0.39 is 41.4 Å². The van der Waals surface area contributed by atoms with Gasteiger partial charge in [-0.2, -0.15) is 0 Å². The summed E-state index contributed by atoms with van der Waals surface area (Å²) >= 11 is 4.71. The molecule has 0 saturated carbocycles. The molecule has 3 N–H and O–H groups in total. The molecule has 0 unspecified atom stereocenters. The highest BCUT2D eigenvalue weighted by atomic mass is 32.1. The van der Waals surface area contributed by atoms with Crippen molar-refractivity contribution in [3.63, 3.8) is 0 Å². The number of nitro groups is 1. The number of non-ortho nitro benzene ring substituents is 1. The van der Waals surface area contributed by atoms with E-state index in [1.165, 1.54) is 41.3 Å². The highest BCUT2D eigenvalue weighted by Gasteiger charge is 2.41. The Morgan fingerprint density at radius 3 is 2.49 bits per heavy atom. The Morgan fingerprint density at radius 2 is 1.86 bits per heavy atom. The van der Waals surface area contributed by atoms with Crippen molar-refractivity contribution in [2.45, 2.75) is 25.5 Å². The summed E-state index contributed by atoms with van der Waals surface area (Å²) in [6, 6.07) is 7.38. The van der Waals surface area contributed by atoms with Gasteiger partial charge in [0.25, 0.3) is 11.6 Å². The van der Waals surface area contributed by atoms with Crippen LogP contribution in [0.2, 0.25) is 0 Å². The number of carbonyl (C=O) groups excluding carboxylic acids is 4. The normalized spacial score (nSPS) is 16.6. The molecule has 0 bridgehead atoms. The van der Waals surface area contributed by atoms with Crippen molar-refractivity contribution in [1.29, 1.82) is 0 Å². The highest BCUT2D eigenvalue weighted by Crippen LogP contribution is 2.30. The Kier molecular flexibility index (Phi) is 9.19. The molecule has 0 radical (unpaired) electrons. The summed E-state index contributed by atoms with van der Waals surface area (Å²) in [5.41, 5.74) is 0.398. The van der Waals surface area contributed by atoms with Crippen molar-refractivity contribution in [2.24, 2.45) is 5.92 Å². The van der Waals surface area contributed by atoms with Crippen molar-refractivity contribution in [3.05, 3.63) is 57.0 Å². The van der Waals surface area contributed by atoms with E-state index in [-0.39, 0.29) is 47.6 Å². The third-order valence-corrected chi connectivity index (χ3v) is 6.56. The number of hydrogen-bond acceptors (Lipinski definition) is 9. The van der Waals surface area contributed by atoms with E-state index in [2.05, 4.69) is 23.3 Å². The number of nitrogens with one attached hydrogen (secondary N) is 2. The summed E-state index contributed by atoms with van der Waals surface area (Å²) in [5.74, 6) is -2.69. The Hall–Kier alpha value is -3.98. The second kappa shape index (κ2) is 12.3. The molecule has 1 fully saturated rings. The van der Waals surface area contributed by atoms with Crippen molar-refractivity contribution in [1.82, 2.24) is 10.2 Å². The molecule has 1 aliphatic rings. The monoisotopic (exact) mass is 550 g/mol. The fraction of sp³-hybridized carbons (Fsp3) is 0.318. The van der Waals surface area contributed by atoms with Gasteiger partial charge in [-0.25, -0.2) is 4.79 Å². The standard InChI is InChI=1S/C22H22N4O9S2/c27-18(28)9-23-21(31)16-5-6-17(37-16)24-20(30)15-7-13(8-19(29)36)10-25(15)22(32)35-11-12-1-3-14(4-2-12)26(33)34/h1-6,13,15H,7-11H2,(H,23,31)(H,24,30)(H,27,28)(H,29,36)/t13-,15-/m0/s1. The quantitative estimate of drug-likeness (QED) is 0.196. The summed E-state index contributed by atoms with van der Waals surface area (Å²) in [6.07, 6.45) is -0.568. The van der Waals surface area contributed by atoms with Gasteiger partial charge in [-0.1, -0.05) is 0 Å². The average Bonchev–Trinajstić information content (AvgIpc) is 3.48. The Bertz CT molecular complexity index is 1210. The number of hydrogen-bond donors (Lipinski definition) is 4. The molecule has 1 aromatic heterocycles. The lowest BCUT2D eigenvalue weighted by molar-refractivity contribution is -0.384. The molecule has 2 atom stereocenters. The number of benzene rings is 1. The molecule has 1 aliphatic heterocycles. The lowest BCUT2D eigenvalue weighted by atomic mass is 10.0. The third-order valence-electron chi connectivity index (χ3n) is 5.37. The first-order valence-electron chi connectivity index (χ1n) is 10.8. The van der Waals surface area contributed by atoms with Crippen molar-refractivity contribution < 1.29 is 38.7 Å². The zero-order valence-electron chi connectivity index (χ0n) is 19.1. The van der Waals surface area contributed by atoms with Crippen molar-refractivity contribution in [2.75, 3.05) is 18.4 Å². The highest BCUT2D eigenvalue weighted by molar-refractivity contribution is 7.96. The molecule has 37 heavy (non-hydrogen) atoms. The number of rotatable bonds is 10. The minimum atomic E-state index is -1.20. The van der Waals surface area contributed by atoms with E-state index in [4.69, 9.17) is 9.84 Å². The SMILES string of the molecule is O=C(O)CNC(=O)c1ccc(NC(=O)[C@@H]2C[C@@H](CC(=O)S)CN2C(=O)OCc2ccc([N+](=O)[O-])cc2)s1. The number of carboxylic acid groups (broad SMARTS) is 1. The van der Waals surface area contributed by atoms with Crippen LogP contribution < -0.4 is 10.6 Å². The van der Waals surface area contributed by atoms with Crippen LogP contribution in [0.1, 0.15) is 28.1 Å². The van der Waals surface area contributed by atoms with Crippen LogP contribution in [0.4, 0.5) is 15.5 Å². The van der Waals surface area contributed by atoms with Gasteiger partial charge in [-0.15, -0.1) is 24.0 Å². The number of thiophene rings is 1. The largest absolute Gasteiger partial charge is 0.480 e. The van der Waals surface area contributed by atoms with E-state index in [0.717, 1.165) is 11.3 Å². The second-order valence-electron chi connectivity index (χ2n) is 8.08. The van der Waals surface area contributed by atoms with Crippen LogP contribution >= 0.6 is 24.0 Å². The summed E-state index contributed by atoms with van der Waals surface area (Å²) in [5, 5.41) is 24.2. The molecule has 13 nitrogen and oxygen atoms in total. The lowest BCUT2D eigenvalue weighted by Gasteiger charge is -2.23. The maximum atomic E-state index is 13.0. The number of thiol groups is 1. The van der Waals surface area contributed by atoms with Crippen LogP contribution in [0.15, 0.2) is 36.4 Å². The molecule has 0 spiro atoms. The molecule has 1 saturated heterocycles. The van der Waals surface area contributed by atoms with Crippen LogP contribution in [-0.2, 0) is 25.7 Å². The zero-order valence-corrected chi connectivity index (χ0v) is 20.8. The van der Waals surface area contributed by atoms with E-state index in [1.54, 1.807) is 0 Å². The summed E-state index contributed by atoms with van der Waals surface area (Å²) < 4.78 is 5.31. The number of likely N-dealkylation sites (tertiary alicyclic amines) is 1. The Balaban J connectivity index is 1.65. The fourth-order valence-corrected chi connectivity index (χ4v) is 4.77. The molecule has 3 rings (SSSR count). The van der Waals surface area contributed by atoms with Crippen molar-refractivity contribution in [3.8, 4) is 0 Å². The lowest BCUT2D eigenvalue weighted by Crippen LogP contribution is -2.43. The molecular weight excluding hydrogens is 528 g/mol. The van der Waals surface area contributed by atoms with E-state index in [1.807, 2.05) is 0 Å². The first-order valence-corrected chi connectivity index (χ1v) is 12.1. The number of carbonyl (C=O) groups is 5. The maximum Gasteiger partial charge on any atom is 0.410 e. The van der Waals surface area contributed by atoms with Crippen LogP contribution in [0, 0.1) is 16.0 Å². The molecule has 2 aromatic rings. The zero-order chi connectivity index (χ0) is 27.1. The van der Waals surface area contributed by atoms with Gasteiger partial charge in [0.05, 0.1) is 14.8 Å². The number of anilines is 1. The average molecular weight is 551 g/mol. The number of amides is 3. The number of ether oxygens (including phenoxy) is 1. The maximum absolute atomic E-state index is 13.0. The van der Waals surface area contributed by atoms with E-state index in [0.29, 0.717) is 10.6 Å². The number of carboxylic acids is 1. The van der Waals surface area contributed by atoms with Crippen LogP contribution in [0.25, 0.3) is 0 Å². The minimum Gasteiger partial charge on any atom is -0.480 e. The van der Waals surface area contributed by atoms with Crippen LogP contribution in [0.3, 0.4) is 0 Å². The first kappa shape index (κ1) is 27.6. The van der Waals surface area contributed by atoms with E-state index in [9.17, 15) is 34.1 Å². The number of nitro benzene ring substituents is 1. The van der Waals surface area contributed by atoms with Gasteiger partial charge in [0.15, 0.2) is 5.12 Å². The van der Waals surface area contributed by atoms with E-state index >= 15 is 0 Å². The second-order valence-corrected chi connectivity index (χ2v) is 9.66.